The molecule has 2 aromatic rings. The van der Waals surface area contributed by atoms with Crippen LogP contribution in [-0.4, -0.2) is 50.5 Å². The molecule has 1 atom stereocenters. The molecule has 4 nitrogen and oxygen atoms in total. The van der Waals surface area contributed by atoms with Crippen LogP contribution in [0.25, 0.3) is 5.57 Å². The van der Waals surface area contributed by atoms with Gasteiger partial charge in [0.2, 0.25) is 0 Å². The maximum atomic E-state index is 15.5. The molecule has 2 saturated heterocycles. The molecule has 0 radical (unpaired) electrons. The molecule has 0 N–H and O–H groups in total. The van der Waals surface area contributed by atoms with Crippen molar-refractivity contribution < 1.29 is 23.3 Å². The summed E-state index contributed by atoms with van der Waals surface area (Å²) >= 11 is 0. The molecule has 6 rings (SSSR count). The summed E-state index contributed by atoms with van der Waals surface area (Å²) in [4.78, 5) is 13.6. The summed E-state index contributed by atoms with van der Waals surface area (Å²) in [5.41, 5.74) is 5.54. The number of carbonyl (C=O) groups excluding carboxylic acids is 1. The van der Waals surface area contributed by atoms with E-state index >= 15 is 8.78 Å². The van der Waals surface area contributed by atoms with E-state index in [1.165, 1.54) is 0 Å². The van der Waals surface area contributed by atoms with Gasteiger partial charge in [0.15, 0.2) is 5.71 Å². The van der Waals surface area contributed by atoms with E-state index in [1.54, 1.807) is 0 Å². The molecule has 182 valence electrons. The second-order valence-electron chi connectivity index (χ2n) is 10.0. The van der Waals surface area contributed by atoms with Gasteiger partial charge in [0.05, 0.1) is 18.0 Å². The molecule has 3 aliphatic heterocycles. The Morgan fingerprint density at radius 3 is 2.39 bits per heavy atom. The Bertz CT molecular complexity index is 1450. The number of halogens is 2. The Morgan fingerprint density at radius 1 is 1.11 bits per heavy atom. The fraction of sp³-hybridized carbons (Fsp3) is 0.241. The van der Waals surface area contributed by atoms with E-state index in [4.69, 9.17) is 0 Å². The number of anilines is 1. The third kappa shape index (κ3) is 3.29. The predicted octanol–water partition coefficient (Wildman–Crippen LogP) is 3.26. The summed E-state index contributed by atoms with van der Waals surface area (Å²) < 4.78 is 33.3. The number of carboxylic acid groups (broad SMARTS) is 1. The third-order valence-corrected chi connectivity index (χ3v) is 11.9. The first kappa shape index (κ1) is 22.9. The van der Waals surface area contributed by atoms with Gasteiger partial charge in [0, 0.05) is 42.1 Å². The monoisotopic (exact) mass is 500 g/mol. The van der Waals surface area contributed by atoms with Crippen molar-refractivity contribution in [3.05, 3.63) is 99.9 Å². The molecule has 0 spiro atoms. The second kappa shape index (κ2) is 8.23. The van der Waals surface area contributed by atoms with Gasteiger partial charge in [-0.05, 0) is 58.3 Å². The topological polar surface area (TPSA) is 46.4 Å². The molecule has 7 heteroatoms. The van der Waals surface area contributed by atoms with Crippen LogP contribution in [-0.2, 0) is 0 Å². The van der Waals surface area contributed by atoms with E-state index in [1.807, 2.05) is 30.0 Å². The summed E-state index contributed by atoms with van der Waals surface area (Å²) in [5.74, 6) is -3.44. The number of aromatic carboxylic acids is 1. The van der Waals surface area contributed by atoms with Gasteiger partial charge in [0.1, 0.15) is 32.8 Å². The Morgan fingerprint density at radius 2 is 1.83 bits per heavy atom. The molecule has 2 aromatic carbocycles. The van der Waals surface area contributed by atoms with Crippen molar-refractivity contribution in [2.24, 2.45) is 0 Å². The van der Waals surface area contributed by atoms with E-state index in [0.717, 1.165) is 84.1 Å². The van der Waals surface area contributed by atoms with Crippen LogP contribution in [0.15, 0.2) is 71.6 Å². The smallest absolute Gasteiger partial charge is 0.199 e. The first-order valence-electron chi connectivity index (χ1n) is 12.3. The zero-order valence-corrected chi connectivity index (χ0v) is 21.1. The van der Waals surface area contributed by atoms with Gasteiger partial charge >= 0.3 is 0 Å². The van der Waals surface area contributed by atoms with E-state index < -0.39 is 31.2 Å². The maximum Gasteiger partial charge on any atom is 0.199 e. The fourth-order valence-corrected chi connectivity index (χ4v) is 8.77. The van der Waals surface area contributed by atoms with Crippen molar-refractivity contribution in [3.8, 4) is 0 Å². The highest BCUT2D eigenvalue weighted by molar-refractivity contribution is 7.02. The predicted molar refractivity (Wildman–Crippen MR) is 138 cm³/mol. The van der Waals surface area contributed by atoms with Crippen molar-refractivity contribution in [2.75, 3.05) is 31.1 Å². The number of hydrogen-bond donors (Lipinski definition) is 0. The van der Waals surface area contributed by atoms with Crippen molar-refractivity contribution in [2.45, 2.75) is 19.4 Å². The van der Waals surface area contributed by atoms with Crippen LogP contribution in [0.4, 0.5) is 14.5 Å². The summed E-state index contributed by atoms with van der Waals surface area (Å²) in [6.45, 7) is 10.4. The number of nitrogens with zero attached hydrogens (tertiary/aromatic N) is 2. The van der Waals surface area contributed by atoms with Crippen LogP contribution in [0.1, 0.15) is 34.3 Å². The van der Waals surface area contributed by atoms with Gasteiger partial charge in [-0.25, -0.2) is 13.4 Å². The molecule has 2 fully saturated rings. The molecule has 0 saturated carbocycles. The normalized spacial score (nSPS) is 22.4. The lowest BCUT2D eigenvalue weighted by molar-refractivity contribution is -0.582. The van der Waals surface area contributed by atoms with E-state index in [0.29, 0.717) is 5.57 Å². The Kier molecular flexibility index (Phi) is 5.23. The number of rotatable bonds is 4. The summed E-state index contributed by atoms with van der Waals surface area (Å²) in [6, 6.07) is 7.85. The number of carbonyl (C=O) groups is 1. The molecular formula is C29H26F2N2O2Si. The highest BCUT2D eigenvalue weighted by Gasteiger charge is 2.43. The molecule has 3 heterocycles. The lowest BCUT2D eigenvalue weighted by Crippen LogP contribution is -2.51. The SMILES string of the molecule is C=C[Si]1(C)C2=CC(=[N+]3CCC3)C=CC2=C(c2c(F)cc(C(=O)[O-])cc2F)c2ccc(N3CCC3)cc21. The van der Waals surface area contributed by atoms with Gasteiger partial charge < -0.3 is 14.8 Å². The minimum atomic E-state index is -2.48. The minimum absolute atomic E-state index is 0.212. The first-order chi connectivity index (χ1) is 17.3. The van der Waals surface area contributed by atoms with E-state index in [2.05, 4.69) is 34.7 Å². The Hall–Kier alpha value is -3.58. The maximum absolute atomic E-state index is 15.5. The van der Waals surface area contributed by atoms with Gasteiger partial charge in [0.25, 0.3) is 0 Å². The molecule has 0 amide bonds. The second-order valence-corrected chi connectivity index (χ2v) is 13.9. The Balaban J connectivity index is 1.66. The van der Waals surface area contributed by atoms with Gasteiger partial charge in [-0.1, -0.05) is 18.3 Å². The highest BCUT2D eigenvalue weighted by Crippen LogP contribution is 2.44. The molecule has 1 aliphatic carbocycles. The average molecular weight is 501 g/mol. The summed E-state index contributed by atoms with van der Waals surface area (Å²) in [6.07, 6.45) is 8.44. The molecule has 1 unspecified atom stereocenters. The van der Waals surface area contributed by atoms with E-state index in [9.17, 15) is 9.90 Å². The molecule has 4 aliphatic rings. The fourth-order valence-electron chi connectivity index (χ4n) is 5.61. The lowest BCUT2D eigenvalue weighted by atomic mass is 9.88. The van der Waals surface area contributed by atoms with E-state index in [-0.39, 0.29) is 5.56 Å². The first-order valence-corrected chi connectivity index (χ1v) is 14.9. The van der Waals surface area contributed by atoms with Gasteiger partial charge in [-0.15, -0.1) is 6.58 Å². The zero-order valence-electron chi connectivity index (χ0n) is 20.1. The van der Waals surface area contributed by atoms with Crippen LogP contribution in [0.3, 0.4) is 0 Å². The summed E-state index contributed by atoms with van der Waals surface area (Å²) in [5, 5.41) is 13.4. The number of fused-ring (bicyclic) bond motifs is 2. The quantitative estimate of drug-likeness (QED) is 0.478. The number of hydrogen-bond acceptors (Lipinski definition) is 3. The average Bonchev–Trinajstić information content (AvgIpc) is 2.78. The third-order valence-electron chi connectivity index (χ3n) is 8.04. The highest BCUT2D eigenvalue weighted by atomic mass is 28.3. The zero-order chi connectivity index (χ0) is 25.2. The number of benzene rings is 2. The molecule has 36 heavy (non-hydrogen) atoms. The van der Waals surface area contributed by atoms with Crippen LogP contribution in [0.5, 0.6) is 0 Å². The largest absolute Gasteiger partial charge is 0.545 e. The van der Waals surface area contributed by atoms with Crippen molar-refractivity contribution in [3.63, 3.8) is 0 Å². The number of carboxylic acids is 1. The number of allylic oxidation sites excluding steroid dienone is 5. The molecule has 0 aromatic heterocycles. The van der Waals surface area contributed by atoms with Crippen molar-refractivity contribution in [1.82, 2.24) is 0 Å². The minimum Gasteiger partial charge on any atom is -0.545 e. The van der Waals surface area contributed by atoms with Gasteiger partial charge in [-0.3, -0.25) is 0 Å². The van der Waals surface area contributed by atoms with Crippen LogP contribution in [0, 0.1) is 11.6 Å². The van der Waals surface area contributed by atoms with Crippen molar-refractivity contribution in [1.29, 1.82) is 0 Å². The molecular weight excluding hydrogens is 474 g/mol. The summed E-state index contributed by atoms with van der Waals surface area (Å²) in [7, 11) is -2.48. The lowest BCUT2D eigenvalue weighted by Gasteiger charge is -2.40. The molecule has 0 bridgehead atoms. The van der Waals surface area contributed by atoms with Crippen LogP contribution >= 0.6 is 0 Å². The standard InChI is InChI=1S/C29H26F2N2O2Si/c1-3-36(2)25-16-19(32-10-4-11-32)6-8-21(25)27(28-23(30)14-18(29(34)35)15-24(28)31)22-9-7-20(17-26(22)36)33-12-5-13-33/h3,6-9,14-17H,1,4-5,10-13H2,2H3. The van der Waals surface area contributed by atoms with Crippen LogP contribution < -0.4 is 15.2 Å². The van der Waals surface area contributed by atoms with Crippen LogP contribution in [0.2, 0.25) is 6.55 Å². The Labute approximate surface area is 209 Å². The van der Waals surface area contributed by atoms with Crippen molar-refractivity contribution >= 4 is 36.2 Å². The van der Waals surface area contributed by atoms with Gasteiger partial charge in [-0.2, -0.15) is 0 Å².